The van der Waals surface area contributed by atoms with Crippen LogP contribution in [0.5, 0.6) is 5.75 Å². The Labute approximate surface area is 158 Å². The Bertz CT molecular complexity index is 999. The Morgan fingerprint density at radius 2 is 1.61 bits per heavy atom. The van der Waals surface area contributed by atoms with Crippen LogP contribution in [0.2, 0.25) is 0 Å². The molecule has 2 N–H and O–H groups in total. The van der Waals surface area contributed by atoms with Gasteiger partial charge in [-0.25, -0.2) is 18.7 Å². The van der Waals surface area contributed by atoms with E-state index in [2.05, 4.69) is 20.6 Å². The predicted molar refractivity (Wildman–Crippen MR) is 99.2 cm³/mol. The highest BCUT2D eigenvalue weighted by Gasteiger charge is 2.23. The smallest absolute Gasteiger partial charge is 0.353 e. The van der Waals surface area contributed by atoms with Crippen LogP contribution in [-0.4, -0.2) is 21.5 Å². The second-order valence-electron chi connectivity index (χ2n) is 5.51. The number of hydrogen-bond acceptors (Lipinski definition) is 7. The van der Waals surface area contributed by atoms with Crippen molar-refractivity contribution in [2.24, 2.45) is 0 Å². The van der Waals surface area contributed by atoms with Gasteiger partial charge in [-0.1, -0.05) is 0 Å². The Morgan fingerprint density at radius 1 is 1.00 bits per heavy atom. The van der Waals surface area contributed by atoms with Crippen molar-refractivity contribution in [1.82, 2.24) is 9.97 Å². The molecular formula is C18H15F2N5O3. The third-order valence-corrected chi connectivity index (χ3v) is 3.62. The quantitative estimate of drug-likeness (QED) is 0.453. The first kappa shape index (κ1) is 19.0. The summed E-state index contributed by atoms with van der Waals surface area (Å²) in [5.41, 5.74) is 0.206. The van der Waals surface area contributed by atoms with Gasteiger partial charge >= 0.3 is 5.69 Å². The molecule has 0 aliphatic rings. The summed E-state index contributed by atoms with van der Waals surface area (Å²) >= 11 is 0. The van der Waals surface area contributed by atoms with E-state index in [1.165, 1.54) is 6.07 Å². The van der Waals surface area contributed by atoms with Crippen molar-refractivity contribution in [1.29, 1.82) is 0 Å². The van der Waals surface area contributed by atoms with Gasteiger partial charge in [0.1, 0.15) is 12.1 Å². The molecule has 144 valence electrons. The van der Waals surface area contributed by atoms with E-state index in [9.17, 15) is 18.9 Å². The molecule has 0 aliphatic carbocycles. The highest BCUT2D eigenvalue weighted by Crippen LogP contribution is 2.33. The molecule has 0 fully saturated rings. The van der Waals surface area contributed by atoms with Gasteiger partial charge in [0.25, 0.3) is 0 Å². The van der Waals surface area contributed by atoms with Gasteiger partial charge in [-0.2, -0.15) is 0 Å². The Hall–Kier alpha value is -3.82. The van der Waals surface area contributed by atoms with E-state index in [1.807, 2.05) is 6.92 Å². The fraction of sp³-hybridized carbons (Fsp3) is 0.111. The maximum atomic E-state index is 13.4. The molecule has 0 bridgehead atoms. The summed E-state index contributed by atoms with van der Waals surface area (Å²) in [5.74, 6) is -1.69. The zero-order valence-electron chi connectivity index (χ0n) is 14.6. The number of rotatable bonds is 7. The number of nitrogens with one attached hydrogen (secondary N) is 2. The van der Waals surface area contributed by atoms with Crippen molar-refractivity contribution in [3.8, 4) is 5.75 Å². The van der Waals surface area contributed by atoms with Crippen LogP contribution in [0.1, 0.15) is 6.92 Å². The number of nitrogens with zero attached hydrogens (tertiary/aromatic N) is 3. The second-order valence-corrected chi connectivity index (χ2v) is 5.51. The molecule has 0 aliphatic heterocycles. The largest absolute Gasteiger partial charge is 0.494 e. The van der Waals surface area contributed by atoms with E-state index in [0.29, 0.717) is 18.0 Å². The summed E-state index contributed by atoms with van der Waals surface area (Å²) in [5, 5.41) is 17.0. The van der Waals surface area contributed by atoms with Crippen molar-refractivity contribution in [2.45, 2.75) is 6.92 Å². The molecule has 1 heterocycles. The molecule has 2 aromatic carbocycles. The maximum Gasteiger partial charge on any atom is 0.353 e. The fourth-order valence-electron chi connectivity index (χ4n) is 2.38. The Morgan fingerprint density at radius 3 is 2.18 bits per heavy atom. The zero-order chi connectivity index (χ0) is 20.1. The third-order valence-electron chi connectivity index (χ3n) is 3.62. The first-order valence-electron chi connectivity index (χ1n) is 8.19. The van der Waals surface area contributed by atoms with Crippen LogP contribution in [0.15, 0.2) is 48.8 Å². The highest BCUT2D eigenvalue weighted by atomic mass is 19.2. The lowest BCUT2D eigenvalue weighted by molar-refractivity contribution is -0.383. The van der Waals surface area contributed by atoms with Crippen molar-refractivity contribution in [3.05, 3.63) is 70.5 Å². The van der Waals surface area contributed by atoms with Crippen LogP contribution in [-0.2, 0) is 0 Å². The molecule has 0 amide bonds. The standard InChI is InChI=1S/C18H15F2N5O3/c1-2-28-13-6-3-11(4-7-13)23-17-16(25(26)27)18(22-10-21-17)24-12-5-8-14(19)15(20)9-12/h3-10H,2H2,1H3,(H2,21,22,23,24). The molecule has 0 spiro atoms. The van der Waals surface area contributed by atoms with E-state index in [4.69, 9.17) is 4.74 Å². The monoisotopic (exact) mass is 387 g/mol. The summed E-state index contributed by atoms with van der Waals surface area (Å²) in [4.78, 5) is 18.7. The van der Waals surface area contributed by atoms with Crippen LogP contribution in [0.3, 0.4) is 0 Å². The van der Waals surface area contributed by atoms with E-state index >= 15 is 0 Å². The molecule has 0 saturated heterocycles. The van der Waals surface area contributed by atoms with Crippen LogP contribution < -0.4 is 15.4 Å². The first-order valence-corrected chi connectivity index (χ1v) is 8.19. The lowest BCUT2D eigenvalue weighted by Gasteiger charge is -2.11. The lowest BCUT2D eigenvalue weighted by Crippen LogP contribution is -2.05. The van der Waals surface area contributed by atoms with Gasteiger partial charge in [-0.15, -0.1) is 0 Å². The topological polar surface area (TPSA) is 102 Å². The van der Waals surface area contributed by atoms with Crippen molar-refractivity contribution < 1.29 is 18.4 Å². The molecule has 10 heteroatoms. The summed E-state index contributed by atoms with van der Waals surface area (Å²) in [6.45, 7) is 2.38. The minimum absolute atomic E-state index is 0.0609. The van der Waals surface area contributed by atoms with Crippen LogP contribution in [0, 0.1) is 21.7 Å². The normalized spacial score (nSPS) is 10.4. The number of aromatic nitrogens is 2. The van der Waals surface area contributed by atoms with Gasteiger partial charge in [0.15, 0.2) is 11.6 Å². The molecule has 0 atom stereocenters. The average Bonchev–Trinajstić information content (AvgIpc) is 2.66. The summed E-state index contributed by atoms with van der Waals surface area (Å²) in [7, 11) is 0. The molecule has 0 radical (unpaired) electrons. The number of hydrogen-bond donors (Lipinski definition) is 2. The Balaban J connectivity index is 1.90. The number of nitro groups is 1. The van der Waals surface area contributed by atoms with E-state index in [1.54, 1.807) is 24.3 Å². The van der Waals surface area contributed by atoms with Gasteiger partial charge in [-0.3, -0.25) is 10.1 Å². The zero-order valence-corrected chi connectivity index (χ0v) is 14.6. The average molecular weight is 387 g/mol. The molecule has 1 aromatic heterocycles. The summed E-state index contributed by atoms with van der Waals surface area (Å²) in [6, 6.07) is 9.80. The first-order chi connectivity index (χ1) is 13.5. The summed E-state index contributed by atoms with van der Waals surface area (Å²) in [6.07, 6.45) is 1.12. The van der Waals surface area contributed by atoms with Crippen LogP contribution in [0.4, 0.5) is 37.5 Å². The summed E-state index contributed by atoms with van der Waals surface area (Å²) < 4.78 is 31.8. The van der Waals surface area contributed by atoms with E-state index in [0.717, 1.165) is 18.5 Å². The minimum atomic E-state index is -1.09. The fourth-order valence-corrected chi connectivity index (χ4v) is 2.38. The molecule has 3 aromatic rings. The predicted octanol–water partition coefficient (Wildman–Crippen LogP) is 4.55. The molecule has 8 nitrogen and oxygen atoms in total. The molecule has 0 unspecified atom stereocenters. The van der Waals surface area contributed by atoms with Gasteiger partial charge in [-0.05, 0) is 43.3 Å². The van der Waals surface area contributed by atoms with Crippen LogP contribution >= 0.6 is 0 Å². The highest BCUT2D eigenvalue weighted by molar-refractivity contribution is 5.76. The van der Waals surface area contributed by atoms with Crippen molar-refractivity contribution >= 4 is 28.7 Å². The van der Waals surface area contributed by atoms with Gasteiger partial charge in [0.2, 0.25) is 11.6 Å². The SMILES string of the molecule is CCOc1ccc(Nc2ncnc(Nc3ccc(F)c(F)c3)c2[N+](=O)[O-])cc1. The molecule has 0 saturated carbocycles. The van der Waals surface area contributed by atoms with E-state index < -0.39 is 22.2 Å². The minimum Gasteiger partial charge on any atom is -0.494 e. The van der Waals surface area contributed by atoms with Gasteiger partial charge < -0.3 is 15.4 Å². The van der Waals surface area contributed by atoms with Crippen molar-refractivity contribution in [2.75, 3.05) is 17.2 Å². The Kier molecular flexibility index (Phi) is 5.58. The number of benzene rings is 2. The van der Waals surface area contributed by atoms with Gasteiger partial charge in [0.05, 0.1) is 11.5 Å². The van der Waals surface area contributed by atoms with Gasteiger partial charge in [0, 0.05) is 17.4 Å². The number of ether oxygens (including phenoxy) is 1. The second kappa shape index (κ2) is 8.25. The maximum absolute atomic E-state index is 13.4. The number of halogens is 2. The molecule has 3 rings (SSSR count). The van der Waals surface area contributed by atoms with Crippen LogP contribution in [0.25, 0.3) is 0 Å². The van der Waals surface area contributed by atoms with E-state index in [-0.39, 0.29) is 17.3 Å². The van der Waals surface area contributed by atoms with Crippen molar-refractivity contribution in [3.63, 3.8) is 0 Å². The molecular weight excluding hydrogens is 372 g/mol. The lowest BCUT2D eigenvalue weighted by atomic mass is 10.2. The molecule has 28 heavy (non-hydrogen) atoms. The number of anilines is 4. The third kappa shape index (κ3) is 4.29.